The second-order valence-corrected chi connectivity index (χ2v) is 7.01. The van der Waals surface area contributed by atoms with E-state index in [1.165, 1.54) is 43.5 Å². The maximum atomic E-state index is 12.1. The summed E-state index contributed by atoms with van der Waals surface area (Å²) >= 11 is 0. The van der Waals surface area contributed by atoms with Gasteiger partial charge < -0.3 is 5.73 Å². The first-order valence-corrected chi connectivity index (χ1v) is 8.37. The fourth-order valence-electron chi connectivity index (χ4n) is 2.50. The van der Waals surface area contributed by atoms with Gasteiger partial charge in [0, 0.05) is 12.1 Å². The minimum atomic E-state index is -3.50. The first kappa shape index (κ1) is 15.0. The van der Waals surface area contributed by atoms with Gasteiger partial charge in [-0.1, -0.05) is 19.3 Å². The van der Waals surface area contributed by atoms with Crippen molar-refractivity contribution >= 4 is 15.9 Å². The number of rotatable bonds is 5. The summed E-state index contributed by atoms with van der Waals surface area (Å²) in [6, 6.07) is 5.67. The standard InChI is InChI=1S/C14H20N2O3S/c15-14(17)12-6-8-13(9-7-12)20(18,19)16-10-11-4-2-1-3-5-11/h6-9,11,16H,1-5,10H2,(H2,15,17). The van der Waals surface area contributed by atoms with Gasteiger partial charge in [-0.3, -0.25) is 4.79 Å². The number of carbonyl (C=O) groups is 1. The minimum absolute atomic E-state index is 0.165. The molecule has 0 spiro atoms. The number of amides is 1. The van der Waals surface area contributed by atoms with Crippen LogP contribution in [0.25, 0.3) is 0 Å². The van der Waals surface area contributed by atoms with E-state index >= 15 is 0 Å². The molecule has 0 radical (unpaired) electrons. The van der Waals surface area contributed by atoms with Crippen LogP contribution in [0.2, 0.25) is 0 Å². The number of primary amides is 1. The summed E-state index contributed by atoms with van der Waals surface area (Å²) in [7, 11) is -3.50. The van der Waals surface area contributed by atoms with Crippen molar-refractivity contribution in [3.05, 3.63) is 29.8 Å². The third-order valence-electron chi connectivity index (χ3n) is 3.74. The Labute approximate surface area is 119 Å². The lowest BCUT2D eigenvalue weighted by Crippen LogP contribution is -2.30. The average Bonchev–Trinajstić information content (AvgIpc) is 2.46. The van der Waals surface area contributed by atoms with Gasteiger partial charge in [0.25, 0.3) is 0 Å². The van der Waals surface area contributed by atoms with E-state index in [1.54, 1.807) is 0 Å². The van der Waals surface area contributed by atoms with Crippen molar-refractivity contribution in [2.75, 3.05) is 6.54 Å². The number of nitrogens with two attached hydrogens (primary N) is 1. The quantitative estimate of drug-likeness (QED) is 0.865. The molecule has 1 amide bonds. The summed E-state index contributed by atoms with van der Waals surface area (Å²) in [5.74, 6) is -0.132. The summed E-state index contributed by atoms with van der Waals surface area (Å²) in [6.07, 6.45) is 5.78. The van der Waals surface area contributed by atoms with Crippen LogP contribution < -0.4 is 10.5 Å². The van der Waals surface area contributed by atoms with Crippen LogP contribution >= 0.6 is 0 Å². The second kappa shape index (κ2) is 6.37. The number of nitrogens with one attached hydrogen (secondary N) is 1. The summed E-state index contributed by atoms with van der Waals surface area (Å²) in [4.78, 5) is 11.1. The summed E-state index contributed by atoms with van der Waals surface area (Å²) < 4.78 is 26.9. The van der Waals surface area contributed by atoms with Crippen molar-refractivity contribution in [3.63, 3.8) is 0 Å². The highest BCUT2D eigenvalue weighted by Gasteiger charge is 2.18. The van der Waals surface area contributed by atoms with E-state index < -0.39 is 15.9 Å². The molecular formula is C14H20N2O3S. The summed E-state index contributed by atoms with van der Waals surface area (Å²) in [5, 5.41) is 0. The molecule has 1 aromatic rings. The van der Waals surface area contributed by atoms with Crippen molar-refractivity contribution in [1.82, 2.24) is 4.72 Å². The zero-order valence-corrected chi connectivity index (χ0v) is 12.2. The van der Waals surface area contributed by atoms with Crippen LogP contribution in [0.4, 0.5) is 0 Å². The third kappa shape index (κ3) is 3.80. The first-order chi connectivity index (χ1) is 9.49. The number of hydrogen-bond donors (Lipinski definition) is 2. The zero-order valence-electron chi connectivity index (χ0n) is 11.3. The molecule has 1 aliphatic carbocycles. The molecule has 1 fully saturated rings. The highest BCUT2D eigenvalue weighted by Crippen LogP contribution is 2.23. The average molecular weight is 296 g/mol. The Kier molecular flexibility index (Phi) is 4.77. The molecule has 0 saturated heterocycles. The van der Waals surface area contributed by atoms with Crippen molar-refractivity contribution < 1.29 is 13.2 Å². The van der Waals surface area contributed by atoms with Gasteiger partial charge in [0.05, 0.1) is 4.90 Å². The predicted octanol–water partition coefficient (Wildman–Crippen LogP) is 1.64. The van der Waals surface area contributed by atoms with Crippen molar-refractivity contribution in [2.24, 2.45) is 11.7 Å². The molecule has 1 aromatic carbocycles. The Morgan fingerprint density at radius 2 is 1.75 bits per heavy atom. The fourth-order valence-corrected chi connectivity index (χ4v) is 3.62. The smallest absolute Gasteiger partial charge is 0.248 e. The van der Waals surface area contributed by atoms with E-state index in [4.69, 9.17) is 5.73 Å². The number of benzene rings is 1. The Morgan fingerprint density at radius 1 is 1.15 bits per heavy atom. The van der Waals surface area contributed by atoms with E-state index in [1.807, 2.05) is 0 Å². The van der Waals surface area contributed by atoms with Gasteiger partial charge in [-0.25, -0.2) is 13.1 Å². The SMILES string of the molecule is NC(=O)c1ccc(S(=O)(=O)NCC2CCCCC2)cc1. The molecule has 0 aromatic heterocycles. The Morgan fingerprint density at radius 3 is 2.30 bits per heavy atom. The van der Waals surface area contributed by atoms with Crippen LogP contribution in [-0.2, 0) is 10.0 Å². The van der Waals surface area contributed by atoms with Crippen LogP contribution in [0, 0.1) is 5.92 Å². The van der Waals surface area contributed by atoms with Crippen LogP contribution in [0.5, 0.6) is 0 Å². The lowest BCUT2D eigenvalue weighted by atomic mass is 9.90. The van der Waals surface area contributed by atoms with E-state index in [0.717, 1.165) is 12.8 Å². The molecule has 3 N–H and O–H groups in total. The molecule has 5 nitrogen and oxygen atoms in total. The van der Waals surface area contributed by atoms with Crippen molar-refractivity contribution in [1.29, 1.82) is 0 Å². The molecular weight excluding hydrogens is 276 g/mol. The number of carbonyl (C=O) groups excluding carboxylic acids is 1. The third-order valence-corrected chi connectivity index (χ3v) is 5.18. The van der Waals surface area contributed by atoms with Gasteiger partial charge in [0.2, 0.25) is 15.9 Å². The van der Waals surface area contributed by atoms with Crippen LogP contribution in [-0.4, -0.2) is 20.9 Å². The van der Waals surface area contributed by atoms with Gasteiger partial charge in [-0.2, -0.15) is 0 Å². The highest BCUT2D eigenvalue weighted by atomic mass is 32.2. The molecule has 110 valence electrons. The van der Waals surface area contributed by atoms with Crippen molar-refractivity contribution in [2.45, 2.75) is 37.0 Å². The maximum Gasteiger partial charge on any atom is 0.248 e. The lowest BCUT2D eigenvalue weighted by molar-refractivity contribution is 0.1000. The molecule has 0 heterocycles. The largest absolute Gasteiger partial charge is 0.366 e. The van der Waals surface area contributed by atoms with Crippen LogP contribution in [0.15, 0.2) is 29.2 Å². The molecule has 1 aliphatic rings. The summed E-state index contributed by atoms with van der Waals surface area (Å²) in [5.41, 5.74) is 5.43. The van der Waals surface area contributed by atoms with E-state index in [0.29, 0.717) is 18.0 Å². The topological polar surface area (TPSA) is 89.3 Å². The highest BCUT2D eigenvalue weighted by molar-refractivity contribution is 7.89. The first-order valence-electron chi connectivity index (χ1n) is 6.88. The second-order valence-electron chi connectivity index (χ2n) is 5.24. The molecule has 20 heavy (non-hydrogen) atoms. The molecule has 2 rings (SSSR count). The molecule has 0 unspecified atom stereocenters. The molecule has 0 aliphatic heterocycles. The number of hydrogen-bond acceptors (Lipinski definition) is 3. The Balaban J connectivity index is 2.00. The van der Waals surface area contributed by atoms with Crippen LogP contribution in [0.1, 0.15) is 42.5 Å². The zero-order chi connectivity index (χ0) is 14.6. The van der Waals surface area contributed by atoms with Gasteiger partial charge in [-0.15, -0.1) is 0 Å². The maximum absolute atomic E-state index is 12.1. The van der Waals surface area contributed by atoms with Gasteiger partial charge in [-0.05, 0) is 43.0 Å². The lowest BCUT2D eigenvalue weighted by Gasteiger charge is -2.21. The molecule has 1 saturated carbocycles. The van der Waals surface area contributed by atoms with Crippen molar-refractivity contribution in [3.8, 4) is 0 Å². The minimum Gasteiger partial charge on any atom is -0.366 e. The predicted molar refractivity (Wildman–Crippen MR) is 76.7 cm³/mol. The number of sulfonamides is 1. The monoisotopic (exact) mass is 296 g/mol. The molecule has 6 heteroatoms. The van der Waals surface area contributed by atoms with E-state index in [2.05, 4.69) is 4.72 Å². The van der Waals surface area contributed by atoms with Gasteiger partial charge >= 0.3 is 0 Å². The van der Waals surface area contributed by atoms with Crippen LogP contribution in [0.3, 0.4) is 0 Å². The Hall–Kier alpha value is -1.40. The van der Waals surface area contributed by atoms with Gasteiger partial charge in [0.15, 0.2) is 0 Å². The Bertz CT molecular complexity index is 561. The van der Waals surface area contributed by atoms with E-state index in [-0.39, 0.29) is 4.90 Å². The normalized spacial score (nSPS) is 17.0. The molecule has 0 atom stereocenters. The summed E-state index contributed by atoms with van der Waals surface area (Å²) in [6.45, 7) is 0.486. The van der Waals surface area contributed by atoms with Gasteiger partial charge in [0.1, 0.15) is 0 Å². The van der Waals surface area contributed by atoms with E-state index in [9.17, 15) is 13.2 Å². The molecule has 0 bridgehead atoms. The fraction of sp³-hybridized carbons (Fsp3) is 0.500.